The van der Waals surface area contributed by atoms with Crippen molar-refractivity contribution in [3.05, 3.63) is 67.0 Å². The fraction of sp³-hybridized carbons (Fsp3) is 0.381. The third-order valence-corrected chi connectivity index (χ3v) is 4.75. The van der Waals surface area contributed by atoms with E-state index in [0.717, 1.165) is 51.8 Å². The van der Waals surface area contributed by atoms with E-state index in [-0.39, 0.29) is 5.91 Å². The highest BCUT2D eigenvalue weighted by atomic mass is 16.2. The molecule has 3 rings (SSSR count). The smallest absolute Gasteiger partial charge is 0.225 e. The SMILES string of the molecule is C=CCN(CCC(=O)N1CCN(c2ncccn2)CC1)Cc1ccccc1. The van der Waals surface area contributed by atoms with Crippen molar-refractivity contribution in [1.29, 1.82) is 0 Å². The van der Waals surface area contributed by atoms with Crippen molar-refractivity contribution < 1.29 is 4.79 Å². The van der Waals surface area contributed by atoms with Gasteiger partial charge in [-0.05, 0) is 11.6 Å². The number of nitrogens with zero attached hydrogens (tertiary/aromatic N) is 5. The lowest BCUT2D eigenvalue weighted by molar-refractivity contribution is -0.131. The lowest BCUT2D eigenvalue weighted by Crippen LogP contribution is -2.49. The summed E-state index contributed by atoms with van der Waals surface area (Å²) in [6.07, 6.45) is 5.93. The van der Waals surface area contributed by atoms with Gasteiger partial charge in [-0.1, -0.05) is 36.4 Å². The van der Waals surface area contributed by atoms with Crippen LogP contribution < -0.4 is 4.90 Å². The molecular weight excluding hydrogens is 338 g/mol. The van der Waals surface area contributed by atoms with E-state index in [2.05, 4.69) is 38.5 Å². The Balaban J connectivity index is 1.46. The molecule has 1 fully saturated rings. The van der Waals surface area contributed by atoms with Crippen molar-refractivity contribution in [3.8, 4) is 0 Å². The summed E-state index contributed by atoms with van der Waals surface area (Å²) in [7, 11) is 0. The Morgan fingerprint density at radius 2 is 1.78 bits per heavy atom. The Morgan fingerprint density at radius 3 is 2.44 bits per heavy atom. The molecule has 1 aromatic heterocycles. The van der Waals surface area contributed by atoms with Gasteiger partial charge in [0.2, 0.25) is 11.9 Å². The molecule has 1 aliphatic heterocycles. The second-order valence-corrected chi connectivity index (χ2v) is 6.68. The minimum Gasteiger partial charge on any atom is -0.339 e. The maximum Gasteiger partial charge on any atom is 0.225 e. The molecule has 6 nitrogen and oxygen atoms in total. The molecule has 1 aromatic carbocycles. The van der Waals surface area contributed by atoms with E-state index >= 15 is 0 Å². The first-order valence-electron chi connectivity index (χ1n) is 9.43. The Labute approximate surface area is 161 Å². The first-order chi connectivity index (χ1) is 13.3. The summed E-state index contributed by atoms with van der Waals surface area (Å²) < 4.78 is 0. The molecular formula is C21H27N5O. The van der Waals surface area contributed by atoms with Gasteiger partial charge in [0.25, 0.3) is 0 Å². The quantitative estimate of drug-likeness (QED) is 0.672. The molecule has 1 aliphatic rings. The summed E-state index contributed by atoms with van der Waals surface area (Å²) in [5.41, 5.74) is 1.25. The average Bonchev–Trinajstić information content (AvgIpc) is 2.73. The number of piperazine rings is 1. The molecule has 27 heavy (non-hydrogen) atoms. The molecule has 0 spiro atoms. The summed E-state index contributed by atoms with van der Waals surface area (Å²) >= 11 is 0. The molecule has 1 saturated heterocycles. The van der Waals surface area contributed by atoms with Gasteiger partial charge in [0.1, 0.15) is 0 Å². The normalized spacial score (nSPS) is 14.4. The Kier molecular flexibility index (Phi) is 6.93. The lowest BCUT2D eigenvalue weighted by atomic mass is 10.2. The highest BCUT2D eigenvalue weighted by Gasteiger charge is 2.22. The maximum absolute atomic E-state index is 12.6. The molecule has 2 heterocycles. The third-order valence-electron chi connectivity index (χ3n) is 4.75. The van der Waals surface area contributed by atoms with Crippen molar-refractivity contribution in [3.63, 3.8) is 0 Å². The van der Waals surface area contributed by atoms with Crippen molar-refractivity contribution in [2.24, 2.45) is 0 Å². The van der Waals surface area contributed by atoms with Crippen LogP contribution in [0, 0.1) is 0 Å². The van der Waals surface area contributed by atoms with E-state index in [0.29, 0.717) is 6.42 Å². The largest absolute Gasteiger partial charge is 0.339 e. The van der Waals surface area contributed by atoms with Crippen molar-refractivity contribution in [2.45, 2.75) is 13.0 Å². The fourth-order valence-corrected chi connectivity index (χ4v) is 3.28. The first kappa shape index (κ1) is 19.0. The summed E-state index contributed by atoms with van der Waals surface area (Å²) in [5, 5.41) is 0. The minimum atomic E-state index is 0.214. The third kappa shape index (κ3) is 5.62. The second kappa shape index (κ2) is 9.83. The van der Waals surface area contributed by atoms with Gasteiger partial charge >= 0.3 is 0 Å². The molecule has 0 aliphatic carbocycles. The molecule has 0 N–H and O–H groups in total. The zero-order chi connectivity index (χ0) is 18.9. The molecule has 0 atom stereocenters. The standard InChI is InChI=1S/C21H27N5O/c1-2-12-24(18-19-7-4-3-5-8-19)13-9-20(27)25-14-16-26(17-15-25)21-22-10-6-11-23-21/h2-8,10-11H,1,9,12-18H2. The summed E-state index contributed by atoms with van der Waals surface area (Å²) in [6, 6.07) is 12.1. The number of aromatic nitrogens is 2. The molecule has 0 unspecified atom stereocenters. The highest BCUT2D eigenvalue weighted by molar-refractivity contribution is 5.76. The van der Waals surface area contributed by atoms with Crippen LogP contribution in [-0.2, 0) is 11.3 Å². The minimum absolute atomic E-state index is 0.214. The average molecular weight is 365 g/mol. The summed E-state index contributed by atoms with van der Waals surface area (Å²) in [6.45, 7) is 9.18. The molecule has 142 valence electrons. The second-order valence-electron chi connectivity index (χ2n) is 6.68. The van der Waals surface area contributed by atoms with Gasteiger partial charge in [-0.25, -0.2) is 9.97 Å². The van der Waals surface area contributed by atoms with Gasteiger partial charge in [-0.2, -0.15) is 0 Å². The van der Waals surface area contributed by atoms with Crippen molar-refractivity contribution >= 4 is 11.9 Å². The maximum atomic E-state index is 12.6. The number of hydrogen-bond donors (Lipinski definition) is 0. The van der Waals surface area contributed by atoms with Crippen LogP contribution in [-0.4, -0.2) is 64.9 Å². The molecule has 1 amide bonds. The van der Waals surface area contributed by atoms with E-state index in [9.17, 15) is 4.79 Å². The van der Waals surface area contributed by atoms with Gasteiger partial charge in [0, 0.05) is 64.6 Å². The van der Waals surface area contributed by atoms with E-state index in [1.54, 1.807) is 12.4 Å². The number of carbonyl (C=O) groups excluding carboxylic acids is 1. The monoisotopic (exact) mass is 365 g/mol. The van der Waals surface area contributed by atoms with Crippen LogP contribution in [0.2, 0.25) is 0 Å². The van der Waals surface area contributed by atoms with E-state index in [1.165, 1.54) is 5.56 Å². The van der Waals surface area contributed by atoms with Gasteiger partial charge in [-0.15, -0.1) is 6.58 Å². The van der Waals surface area contributed by atoms with Crippen LogP contribution in [0.25, 0.3) is 0 Å². The van der Waals surface area contributed by atoms with Crippen LogP contribution in [0.15, 0.2) is 61.4 Å². The van der Waals surface area contributed by atoms with Crippen molar-refractivity contribution in [2.75, 3.05) is 44.2 Å². The zero-order valence-electron chi connectivity index (χ0n) is 15.7. The Hall–Kier alpha value is -2.73. The van der Waals surface area contributed by atoms with Crippen LogP contribution in [0.3, 0.4) is 0 Å². The molecule has 0 bridgehead atoms. The van der Waals surface area contributed by atoms with Gasteiger partial charge in [-0.3, -0.25) is 9.69 Å². The summed E-state index contributed by atoms with van der Waals surface area (Å²) in [5.74, 6) is 0.954. The topological polar surface area (TPSA) is 52.6 Å². The number of carbonyl (C=O) groups is 1. The number of amides is 1. The van der Waals surface area contributed by atoms with Gasteiger partial charge < -0.3 is 9.80 Å². The van der Waals surface area contributed by atoms with Crippen molar-refractivity contribution in [1.82, 2.24) is 19.8 Å². The molecule has 6 heteroatoms. The van der Waals surface area contributed by atoms with E-state index in [4.69, 9.17) is 0 Å². The Morgan fingerprint density at radius 1 is 1.07 bits per heavy atom. The van der Waals surface area contributed by atoms with Crippen LogP contribution in [0.4, 0.5) is 5.95 Å². The predicted molar refractivity (Wildman–Crippen MR) is 107 cm³/mol. The van der Waals surface area contributed by atoms with Gasteiger partial charge in [0.15, 0.2) is 0 Å². The number of rotatable bonds is 8. The van der Waals surface area contributed by atoms with E-state index < -0.39 is 0 Å². The number of benzene rings is 1. The zero-order valence-corrected chi connectivity index (χ0v) is 15.7. The lowest BCUT2D eigenvalue weighted by Gasteiger charge is -2.35. The molecule has 0 radical (unpaired) electrons. The van der Waals surface area contributed by atoms with Crippen LogP contribution >= 0.6 is 0 Å². The molecule has 2 aromatic rings. The number of hydrogen-bond acceptors (Lipinski definition) is 5. The Bertz CT molecular complexity index is 714. The molecule has 0 saturated carbocycles. The van der Waals surface area contributed by atoms with Crippen LogP contribution in [0.1, 0.15) is 12.0 Å². The predicted octanol–water partition coefficient (Wildman–Crippen LogP) is 2.20. The fourth-order valence-electron chi connectivity index (χ4n) is 3.28. The highest BCUT2D eigenvalue weighted by Crippen LogP contribution is 2.11. The summed E-state index contributed by atoms with van der Waals surface area (Å²) in [4.78, 5) is 27.5. The number of anilines is 1. The van der Waals surface area contributed by atoms with Crippen LogP contribution in [0.5, 0.6) is 0 Å². The van der Waals surface area contributed by atoms with Gasteiger partial charge in [0.05, 0.1) is 0 Å². The first-order valence-corrected chi connectivity index (χ1v) is 9.43. The van der Waals surface area contributed by atoms with E-state index in [1.807, 2.05) is 35.2 Å².